The maximum atomic E-state index is 13.8. The largest absolute Gasteiger partial charge is 0.346 e. The highest BCUT2D eigenvalue weighted by Gasteiger charge is 2.43. The van der Waals surface area contributed by atoms with Crippen molar-refractivity contribution in [3.63, 3.8) is 0 Å². The molecule has 4 aromatic heterocycles. The van der Waals surface area contributed by atoms with Gasteiger partial charge in [0.1, 0.15) is 16.9 Å². The van der Waals surface area contributed by atoms with E-state index in [-0.39, 0.29) is 11.8 Å². The third-order valence-corrected chi connectivity index (χ3v) is 8.76. The Morgan fingerprint density at radius 1 is 1.16 bits per heavy atom. The first kappa shape index (κ1) is 24.8. The molecule has 200 valence electrons. The predicted octanol–water partition coefficient (Wildman–Crippen LogP) is 4.24. The first-order valence-electron chi connectivity index (χ1n) is 13.4. The molecular formula is C27H34N8O2S. The lowest BCUT2D eigenvalue weighted by Gasteiger charge is -2.22. The fraction of sp³-hybridized carbons (Fsp3) is 0.519. The smallest absolute Gasteiger partial charge is 0.271 e. The summed E-state index contributed by atoms with van der Waals surface area (Å²) in [6, 6.07) is 2.76. The fourth-order valence-electron chi connectivity index (χ4n) is 5.16. The number of carbonyl (C=O) groups excluding carboxylic acids is 2. The molecule has 2 aliphatic carbocycles. The van der Waals surface area contributed by atoms with Crippen molar-refractivity contribution >= 4 is 56.2 Å². The quantitative estimate of drug-likeness (QED) is 0.345. The van der Waals surface area contributed by atoms with E-state index in [0.29, 0.717) is 48.2 Å². The second-order valence-electron chi connectivity index (χ2n) is 10.4. The molecule has 38 heavy (non-hydrogen) atoms. The summed E-state index contributed by atoms with van der Waals surface area (Å²) in [4.78, 5) is 45.4. The molecule has 0 radical (unpaired) electrons. The maximum Gasteiger partial charge on any atom is 0.271 e. The first-order chi connectivity index (χ1) is 18.3. The van der Waals surface area contributed by atoms with Crippen LogP contribution in [0.15, 0.2) is 12.4 Å². The highest BCUT2D eigenvalue weighted by Crippen LogP contribution is 2.40. The predicted molar refractivity (Wildman–Crippen MR) is 149 cm³/mol. The van der Waals surface area contributed by atoms with Gasteiger partial charge in [-0.1, -0.05) is 0 Å². The number of aromatic nitrogens is 5. The summed E-state index contributed by atoms with van der Waals surface area (Å²) in [6.45, 7) is 7.25. The van der Waals surface area contributed by atoms with Crippen molar-refractivity contribution in [1.29, 1.82) is 0 Å². The van der Waals surface area contributed by atoms with E-state index < -0.39 is 0 Å². The van der Waals surface area contributed by atoms with E-state index in [4.69, 9.17) is 4.98 Å². The molecule has 0 unspecified atom stereocenters. The summed E-state index contributed by atoms with van der Waals surface area (Å²) >= 11 is 1.46. The molecule has 0 atom stereocenters. The number of pyridine rings is 1. The van der Waals surface area contributed by atoms with Crippen molar-refractivity contribution in [2.45, 2.75) is 71.5 Å². The number of amides is 2. The number of anilines is 2. The topological polar surface area (TPSA) is 101 Å². The molecular weight excluding hydrogens is 500 g/mol. The van der Waals surface area contributed by atoms with E-state index in [1.807, 2.05) is 43.1 Å². The fourth-order valence-corrected chi connectivity index (χ4v) is 6.11. The number of nitrogens with zero attached hydrogens (tertiary/aromatic N) is 7. The van der Waals surface area contributed by atoms with Crippen molar-refractivity contribution in [1.82, 2.24) is 33.9 Å². The van der Waals surface area contributed by atoms with Crippen LogP contribution in [0.4, 0.5) is 10.9 Å². The Kier molecular flexibility index (Phi) is 6.13. The minimum absolute atomic E-state index is 0.0712. The average molecular weight is 535 g/mol. The second kappa shape index (κ2) is 9.37. The Morgan fingerprint density at radius 2 is 1.87 bits per heavy atom. The Morgan fingerprint density at radius 3 is 2.50 bits per heavy atom. The number of nitrogens with one attached hydrogen (secondary N) is 1. The van der Waals surface area contributed by atoms with E-state index in [0.717, 1.165) is 58.3 Å². The normalized spacial score (nSPS) is 15.4. The number of hydrogen-bond acceptors (Lipinski definition) is 7. The summed E-state index contributed by atoms with van der Waals surface area (Å²) in [5.41, 5.74) is 3.94. The number of hydrogen-bond donors (Lipinski definition) is 1. The van der Waals surface area contributed by atoms with Crippen LogP contribution in [0, 0.1) is 6.92 Å². The van der Waals surface area contributed by atoms with Crippen LogP contribution in [0.25, 0.3) is 22.1 Å². The van der Waals surface area contributed by atoms with Crippen LogP contribution in [-0.4, -0.2) is 71.4 Å². The highest BCUT2D eigenvalue weighted by atomic mass is 32.1. The molecule has 6 rings (SSSR count). The van der Waals surface area contributed by atoms with Crippen LogP contribution >= 0.6 is 11.3 Å². The summed E-state index contributed by atoms with van der Waals surface area (Å²) in [7, 11) is 3.77. The van der Waals surface area contributed by atoms with E-state index >= 15 is 0 Å². The van der Waals surface area contributed by atoms with Gasteiger partial charge in [0.15, 0.2) is 10.9 Å². The van der Waals surface area contributed by atoms with Crippen LogP contribution < -0.4 is 5.32 Å². The van der Waals surface area contributed by atoms with E-state index in [1.54, 1.807) is 11.2 Å². The zero-order valence-electron chi connectivity index (χ0n) is 22.6. The molecule has 4 heterocycles. The molecule has 0 bridgehead atoms. The zero-order valence-corrected chi connectivity index (χ0v) is 23.4. The van der Waals surface area contributed by atoms with Gasteiger partial charge in [0.2, 0.25) is 5.91 Å². The molecule has 1 N–H and O–H groups in total. The third-order valence-electron chi connectivity index (χ3n) is 7.68. The third kappa shape index (κ3) is 4.22. The minimum Gasteiger partial charge on any atom is -0.346 e. The first-order valence-corrected chi connectivity index (χ1v) is 14.3. The molecule has 0 aliphatic heterocycles. The van der Waals surface area contributed by atoms with Crippen molar-refractivity contribution in [3.8, 4) is 0 Å². The lowest BCUT2D eigenvalue weighted by Crippen LogP contribution is -2.36. The van der Waals surface area contributed by atoms with Crippen molar-refractivity contribution < 1.29 is 9.59 Å². The summed E-state index contributed by atoms with van der Waals surface area (Å²) in [5, 5.41) is 4.98. The van der Waals surface area contributed by atoms with E-state index in [1.165, 1.54) is 11.3 Å². The lowest BCUT2D eigenvalue weighted by molar-refractivity contribution is -0.128. The molecule has 2 amide bonds. The van der Waals surface area contributed by atoms with E-state index in [9.17, 15) is 9.59 Å². The van der Waals surface area contributed by atoms with Gasteiger partial charge in [-0.2, -0.15) is 0 Å². The van der Waals surface area contributed by atoms with Gasteiger partial charge < -0.3 is 24.3 Å². The molecule has 2 aliphatic rings. The van der Waals surface area contributed by atoms with Crippen LogP contribution in [-0.2, 0) is 24.8 Å². The van der Waals surface area contributed by atoms with Gasteiger partial charge in [-0.3, -0.25) is 9.59 Å². The maximum absolute atomic E-state index is 13.8. The number of carbonyl (C=O) groups is 2. The average Bonchev–Trinajstić information content (AvgIpc) is 3.82. The summed E-state index contributed by atoms with van der Waals surface area (Å²) in [6.07, 6.45) is 6.50. The van der Waals surface area contributed by atoms with E-state index in [2.05, 4.69) is 27.1 Å². The Labute approximate surface area is 225 Å². The summed E-state index contributed by atoms with van der Waals surface area (Å²) < 4.78 is 4.01. The molecule has 0 saturated heterocycles. The SMILES string of the molecule is CCN(C)C(=O)Cc1sc(Nc2nc3c(cc(C(=O)N(C4CC4)C4CC4)n3CC)c3c2ncn3C)nc1C. The second-order valence-corrected chi connectivity index (χ2v) is 11.5. The van der Waals surface area contributed by atoms with Gasteiger partial charge in [0.25, 0.3) is 5.91 Å². The van der Waals surface area contributed by atoms with Crippen molar-refractivity contribution in [2.75, 3.05) is 18.9 Å². The standard InChI is InChI=1S/C27H34N8O2S/c1-6-32(4)21(36)13-20-15(3)29-27(38-20)31-24-22-23(33(5)14-28-22)18-12-19(34(7-2)25(18)30-24)26(37)35(16-8-9-16)17-10-11-17/h12,14,16-17H,6-11,13H2,1-5H3,(H,29,30,31). The molecule has 2 saturated carbocycles. The Bertz CT molecular complexity index is 1550. The lowest BCUT2D eigenvalue weighted by atomic mass is 10.2. The van der Waals surface area contributed by atoms with Crippen LogP contribution in [0.5, 0.6) is 0 Å². The Balaban J connectivity index is 1.40. The number of fused-ring (bicyclic) bond motifs is 3. The molecule has 2 fully saturated rings. The van der Waals surface area contributed by atoms with Gasteiger partial charge in [-0.05, 0) is 52.5 Å². The number of aryl methyl sites for hydroxylation is 3. The molecule has 11 heteroatoms. The minimum atomic E-state index is 0.0712. The summed E-state index contributed by atoms with van der Waals surface area (Å²) in [5.74, 6) is 0.780. The number of imidazole rings is 1. The van der Waals surface area contributed by atoms with Gasteiger partial charge >= 0.3 is 0 Å². The number of thiazole rings is 1. The van der Waals surface area contributed by atoms with Crippen LogP contribution in [0.3, 0.4) is 0 Å². The zero-order chi connectivity index (χ0) is 26.7. The monoisotopic (exact) mass is 534 g/mol. The van der Waals surface area contributed by atoms with Gasteiger partial charge in [-0.25, -0.2) is 15.0 Å². The number of rotatable bonds is 9. The highest BCUT2D eigenvalue weighted by molar-refractivity contribution is 7.15. The van der Waals surface area contributed by atoms with Gasteiger partial charge in [-0.15, -0.1) is 11.3 Å². The Hall–Kier alpha value is -3.47. The van der Waals surface area contributed by atoms with Crippen molar-refractivity contribution in [2.24, 2.45) is 7.05 Å². The van der Waals surface area contributed by atoms with Gasteiger partial charge in [0.05, 0.1) is 24.0 Å². The van der Waals surface area contributed by atoms with Gasteiger partial charge in [0, 0.05) is 49.5 Å². The molecule has 0 spiro atoms. The molecule has 4 aromatic rings. The molecule has 10 nitrogen and oxygen atoms in total. The van der Waals surface area contributed by atoms with Crippen LogP contribution in [0.2, 0.25) is 0 Å². The van der Waals surface area contributed by atoms with Crippen molar-refractivity contribution in [3.05, 3.63) is 28.7 Å². The number of likely N-dealkylation sites (N-methyl/N-ethyl adjacent to an activating group) is 1. The van der Waals surface area contributed by atoms with Crippen LogP contribution in [0.1, 0.15) is 60.6 Å². The molecule has 0 aromatic carbocycles.